The number of hydrogen-bond donors (Lipinski definition) is 1. The van der Waals surface area contributed by atoms with E-state index in [-0.39, 0.29) is 23.2 Å². The van der Waals surface area contributed by atoms with Gasteiger partial charge < -0.3 is 10.2 Å². The van der Waals surface area contributed by atoms with Crippen LogP contribution in [0.5, 0.6) is 0 Å². The van der Waals surface area contributed by atoms with Crippen LogP contribution in [0.2, 0.25) is 5.02 Å². The van der Waals surface area contributed by atoms with Crippen LogP contribution in [0.15, 0.2) is 48.5 Å². The SMILES string of the molecule is CC(=O)N(CCc1ccccc1)CC(=O)Nc1cc(C(F)(F)F)ccc1Cl. The van der Waals surface area contributed by atoms with Gasteiger partial charge in [0.1, 0.15) is 0 Å². The van der Waals surface area contributed by atoms with Crippen molar-refractivity contribution in [3.8, 4) is 0 Å². The standard InChI is InChI=1S/C19H18ClF3N2O2/c1-13(26)25(10-9-14-5-3-2-4-6-14)12-18(27)24-17-11-15(19(21,22)23)7-8-16(17)20/h2-8,11H,9-10,12H2,1H3,(H,24,27). The Labute approximate surface area is 159 Å². The highest BCUT2D eigenvalue weighted by atomic mass is 35.5. The van der Waals surface area contributed by atoms with Gasteiger partial charge in [0.15, 0.2) is 0 Å². The molecule has 4 nitrogen and oxygen atoms in total. The van der Waals surface area contributed by atoms with Crippen molar-refractivity contribution in [2.24, 2.45) is 0 Å². The molecule has 144 valence electrons. The van der Waals surface area contributed by atoms with Crippen LogP contribution in [0.1, 0.15) is 18.1 Å². The Morgan fingerprint density at radius 1 is 1.11 bits per heavy atom. The van der Waals surface area contributed by atoms with Gasteiger partial charge in [-0.25, -0.2) is 0 Å². The van der Waals surface area contributed by atoms with Gasteiger partial charge in [0.05, 0.1) is 22.8 Å². The topological polar surface area (TPSA) is 49.4 Å². The van der Waals surface area contributed by atoms with Gasteiger partial charge in [0.2, 0.25) is 11.8 Å². The number of rotatable bonds is 6. The second-order valence-corrected chi connectivity index (χ2v) is 6.32. The zero-order valence-corrected chi connectivity index (χ0v) is 15.3. The van der Waals surface area contributed by atoms with Crippen LogP contribution in [0.25, 0.3) is 0 Å². The van der Waals surface area contributed by atoms with E-state index in [0.717, 1.165) is 23.8 Å². The largest absolute Gasteiger partial charge is 0.416 e. The Morgan fingerprint density at radius 3 is 2.37 bits per heavy atom. The first-order valence-electron chi connectivity index (χ1n) is 8.13. The molecular formula is C19H18ClF3N2O2. The molecule has 0 aliphatic heterocycles. The molecule has 0 saturated carbocycles. The number of amides is 2. The third-order valence-corrected chi connectivity index (χ3v) is 4.19. The summed E-state index contributed by atoms with van der Waals surface area (Å²) >= 11 is 5.87. The third-order valence-electron chi connectivity index (χ3n) is 3.86. The van der Waals surface area contributed by atoms with E-state index in [9.17, 15) is 22.8 Å². The molecule has 0 aliphatic rings. The van der Waals surface area contributed by atoms with Gasteiger partial charge in [-0.15, -0.1) is 0 Å². The van der Waals surface area contributed by atoms with E-state index < -0.39 is 17.6 Å². The van der Waals surface area contributed by atoms with E-state index >= 15 is 0 Å². The summed E-state index contributed by atoms with van der Waals surface area (Å²) in [5.41, 5.74) is -0.0668. The van der Waals surface area contributed by atoms with E-state index in [2.05, 4.69) is 5.32 Å². The van der Waals surface area contributed by atoms with Gasteiger partial charge in [-0.3, -0.25) is 9.59 Å². The minimum Gasteiger partial charge on any atom is -0.333 e. The number of benzene rings is 2. The van der Waals surface area contributed by atoms with Gasteiger partial charge in [-0.2, -0.15) is 13.2 Å². The number of halogens is 4. The summed E-state index contributed by atoms with van der Waals surface area (Å²) in [7, 11) is 0. The molecule has 2 aromatic rings. The van der Waals surface area contributed by atoms with Gasteiger partial charge in [-0.05, 0) is 30.2 Å². The molecule has 0 saturated heterocycles. The Bertz CT molecular complexity index is 810. The molecule has 2 aromatic carbocycles. The molecule has 0 fully saturated rings. The van der Waals surface area contributed by atoms with Crippen LogP contribution in [-0.2, 0) is 22.2 Å². The highest BCUT2D eigenvalue weighted by molar-refractivity contribution is 6.33. The Morgan fingerprint density at radius 2 is 1.78 bits per heavy atom. The molecule has 27 heavy (non-hydrogen) atoms. The van der Waals surface area contributed by atoms with E-state index in [4.69, 9.17) is 11.6 Å². The number of alkyl halides is 3. The Balaban J connectivity index is 2.02. The van der Waals surface area contributed by atoms with Crippen molar-refractivity contribution in [1.29, 1.82) is 0 Å². The van der Waals surface area contributed by atoms with Crippen molar-refractivity contribution < 1.29 is 22.8 Å². The predicted octanol–water partition coefficient (Wildman–Crippen LogP) is 4.39. The van der Waals surface area contributed by atoms with Gasteiger partial charge in [0.25, 0.3) is 0 Å². The molecule has 0 radical (unpaired) electrons. The minimum absolute atomic E-state index is 0.0185. The van der Waals surface area contributed by atoms with Crippen molar-refractivity contribution in [3.05, 3.63) is 64.7 Å². The molecule has 0 atom stereocenters. The fraction of sp³-hybridized carbons (Fsp3) is 0.263. The third kappa shape index (κ3) is 6.29. The maximum Gasteiger partial charge on any atom is 0.416 e. The number of carbonyl (C=O) groups is 2. The summed E-state index contributed by atoms with van der Waals surface area (Å²) in [6.45, 7) is 1.35. The molecule has 0 bridgehead atoms. The van der Waals surface area contributed by atoms with Crippen LogP contribution in [0, 0.1) is 0 Å². The second-order valence-electron chi connectivity index (χ2n) is 5.92. The molecule has 0 spiro atoms. The summed E-state index contributed by atoms with van der Waals surface area (Å²) in [6, 6.07) is 12.1. The summed E-state index contributed by atoms with van der Waals surface area (Å²) in [4.78, 5) is 25.3. The molecular weight excluding hydrogens is 381 g/mol. The molecule has 8 heteroatoms. The van der Waals surface area contributed by atoms with Crippen LogP contribution in [0.4, 0.5) is 18.9 Å². The lowest BCUT2D eigenvalue weighted by Gasteiger charge is -2.21. The first kappa shape index (κ1) is 20.8. The van der Waals surface area contributed by atoms with Crippen molar-refractivity contribution in [2.75, 3.05) is 18.4 Å². The molecule has 0 heterocycles. The lowest BCUT2D eigenvalue weighted by atomic mass is 10.1. The number of hydrogen-bond acceptors (Lipinski definition) is 2. The van der Waals surface area contributed by atoms with Gasteiger partial charge >= 0.3 is 6.18 Å². The predicted molar refractivity (Wildman–Crippen MR) is 97.5 cm³/mol. The van der Waals surface area contributed by atoms with Crippen molar-refractivity contribution in [2.45, 2.75) is 19.5 Å². The quantitative estimate of drug-likeness (QED) is 0.784. The molecule has 2 amide bonds. The monoisotopic (exact) mass is 398 g/mol. The van der Waals surface area contributed by atoms with Crippen LogP contribution in [-0.4, -0.2) is 29.8 Å². The molecule has 0 unspecified atom stereocenters. The first-order chi connectivity index (χ1) is 12.7. The van der Waals surface area contributed by atoms with Gasteiger partial charge in [0, 0.05) is 13.5 Å². The summed E-state index contributed by atoms with van der Waals surface area (Å²) in [6.07, 6.45) is -4.00. The minimum atomic E-state index is -4.55. The number of anilines is 1. The average molecular weight is 399 g/mol. The fourth-order valence-electron chi connectivity index (χ4n) is 2.42. The Hall–Kier alpha value is -2.54. The summed E-state index contributed by atoms with van der Waals surface area (Å²) in [5.74, 6) is -0.935. The number of nitrogens with zero attached hydrogens (tertiary/aromatic N) is 1. The van der Waals surface area contributed by atoms with Crippen LogP contribution in [0.3, 0.4) is 0 Å². The van der Waals surface area contributed by atoms with E-state index in [1.165, 1.54) is 11.8 Å². The van der Waals surface area contributed by atoms with E-state index in [1.807, 2.05) is 30.3 Å². The molecule has 0 aliphatic carbocycles. The summed E-state index contributed by atoms with van der Waals surface area (Å²) in [5, 5.41) is 2.32. The van der Waals surface area contributed by atoms with Crippen molar-refractivity contribution in [3.63, 3.8) is 0 Å². The van der Waals surface area contributed by atoms with Crippen LogP contribution >= 0.6 is 11.6 Å². The highest BCUT2D eigenvalue weighted by Gasteiger charge is 2.31. The van der Waals surface area contributed by atoms with E-state index in [0.29, 0.717) is 13.0 Å². The smallest absolute Gasteiger partial charge is 0.333 e. The summed E-state index contributed by atoms with van der Waals surface area (Å²) < 4.78 is 38.4. The average Bonchev–Trinajstić information content (AvgIpc) is 2.60. The number of nitrogens with one attached hydrogen (secondary N) is 1. The first-order valence-corrected chi connectivity index (χ1v) is 8.50. The van der Waals surface area contributed by atoms with E-state index in [1.54, 1.807) is 0 Å². The zero-order valence-electron chi connectivity index (χ0n) is 14.5. The molecule has 2 rings (SSSR count). The van der Waals surface area contributed by atoms with Crippen molar-refractivity contribution >= 4 is 29.1 Å². The fourth-order valence-corrected chi connectivity index (χ4v) is 2.58. The lowest BCUT2D eigenvalue weighted by molar-refractivity contribution is -0.137. The molecule has 0 aromatic heterocycles. The number of carbonyl (C=O) groups excluding carboxylic acids is 2. The maximum absolute atomic E-state index is 12.8. The maximum atomic E-state index is 12.8. The van der Waals surface area contributed by atoms with Crippen molar-refractivity contribution in [1.82, 2.24) is 4.90 Å². The van der Waals surface area contributed by atoms with Gasteiger partial charge in [-0.1, -0.05) is 41.9 Å². The van der Waals surface area contributed by atoms with Crippen LogP contribution < -0.4 is 5.32 Å². The molecule has 1 N–H and O–H groups in total. The zero-order chi connectivity index (χ0) is 20.0. The Kier molecular flexibility index (Phi) is 6.85. The second kappa shape index (κ2) is 8.90. The lowest BCUT2D eigenvalue weighted by Crippen LogP contribution is -2.38. The highest BCUT2D eigenvalue weighted by Crippen LogP contribution is 2.33. The normalized spacial score (nSPS) is 11.1.